The average Bonchev–Trinajstić information content (AvgIpc) is 0.847. The highest BCUT2D eigenvalue weighted by Crippen LogP contribution is 2.18. The van der Waals surface area contributed by atoms with E-state index < -0.39 is 225 Å². The Morgan fingerprint density at radius 2 is 0.597 bits per heavy atom. The van der Waals surface area contributed by atoms with Crippen molar-refractivity contribution in [1.82, 2.24) is 58.5 Å². The zero-order valence-electron chi connectivity index (χ0n) is 70.5. The first kappa shape index (κ1) is 104. The van der Waals surface area contributed by atoms with Crippen LogP contribution in [-0.2, 0) is 101 Å². The molecule has 0 heterocycles. The molecule has 0 aliphatic rings. The molecule has 12 amide bonds. The third-order valence-electron chi connectivity index (χ3n) is 20.0. The number of aliphatic carboxylic acids is 6. The Hall–Kier alpha value is -12.7. The highest BCUT2D eigenvalue weighted by Gasteiger charge is 2.37. The van der Waals surface area contributed by atoms with Gasteiger partial charge in [0.05, 0.1) is 6.04 Å². The minimum atomic E-state index is -1.71. The van der Waals surface area contributed by atoms with Gasteiger partial charge in [-0.15, -0.1) is 0 Å². The van der Waals surface area contributed by atoms with E-state index in [0.717, 1.165) is 50.5 Å². The van der Waals surface area contributed by atoms with Gasteiger partial charge < -0.3 is 100 Å². The van der Waals surface area contributed by atoms with Crippen LogP contribution in [0.25, 0.3) is 0 Å². The summed E-state index contributed by atoms with van der Waals surface area (Å²) in [4.78, 5) is 233. The van der Waals surface area contributed by atoms with Gasteiger partial charge in [-0.05, 0) is 111 Å². The molecule has 0 aromatic heterocycles. The molecule has 124 heavy (non-hydrogen) atoms. The van der Waals surface area contributed by atoms with Gasteiger partial charge in [0.2, 0.25) is 65.0 Å². The van der Waals surface area contributed by atoms with Crippen LogP contribution in [0, 0.1) is 11.8 Å². The van der Waals surface area contributed by atoms with Crippen LogP contribution in [0.5, 0.6) is 0 Å². The van der Waals surface area contributed by atoms with Crippen LogP contribution in [0.4, 0.5) is 5.69 Å². The number of unbranched alkanes of at least 4 members (excludes halogenated alkanes) is 10. The van der Waals surface area contributed by atoms with Crippen molar-refractivity contribution < 1.29 is 117 Å². The summed E-state index contributed by atoms with van der Waals surface area (Å²) < 4.78 is 0. The quantitative estimate of drug-likeness (QED) is 0.0277. The minimum absolute atomic E-state index is 0.00394. The fourth-order valence-corrected chi connectivity index (χ4v) is 13.0. The van der Waals surface area contributed by atoms with E-state index in [4.69, 9.17) is 15.9 Å². The molecule has 678 valence electrons. The van der Waals surface area contributed by atoms with Crippen LogP contribution in [0.3, 0.4) is 0 Å². The first-order chi connectivity index (χ1) is 59.0. The third kappa shape index (κ3) is 42.2. The molecular formula is C87H121N13O24. The highest BCUT2D eigenvalue weighted by atomic mass is 16.4. The highest BCUT2D eigenvalue weighted by molar-refractivity contribution is 5.99. The monoisotopic (exact) mass is 1730 g/mol. The smallest absolute Gasteiger partial charge is 0.326 e. The molecule has 4 aromatic rings. The van der Waals surface area contributed by atoms with E-state index in [-0.39, 0.29) is 50.5 Å². The van der Waals surface area contributed by atoms with E-state index in [0.29, 0.717) is 67.4 Å². The lowest BCUT2D eigenvalue weighted by atomic mass is 10.00. The predicted octanol–water partition coefficient (Wildman–Crippen LogP) is 4.07. The molecule has 0 radical (unpaired) electrons. The SMILES string of the molecule is CC(C)[C@H](NC(=O)CCCCCNC(=O)c1ccc(NC(=O)CCCCCCCCCCCNC(=O)[C@H](Cc2ccccc2)NC(=O)[C@H](Cc2ccccc2)NC(=O)[C@H](Cc2ccccc2)NC(=O)[C@H](CCC(=O)O)NC(=O)[C@H](CCC(=O)O)NC(=O)[C@@H](N)CCC(=O)O)cc1)C(=O)N[C@@H](CCC(=O)O)C(=O)N[C@H](C(=O)N[C@@H](CCC(=O)O)C(=O)O)C(C)C. The molecule has 0 aliphatic heterocycles. The Morgan fingerprint density at radius 1 is 0.290 bits per heavy atom. The number of carbonyl (C=O) groups excluding carboxylic acids is 12. The summed E-state index contributed by atoms with van der Waals surface area (Å²) >= 11 is 0. The maximum absolute atomic E-state index is 14.7. The number of nitrogens with one attached hydrogen (secondary N) is 12. The van der Waals surface area contributed by atoms with Crippen molar-refractivity contribution in [3.05, 3.63) is 138 Å². The van der Waals surface area contributed by atoms with Crippen molar-refractivity contribution in [3.63, 3.8) is 0 Å². The Balaban J connectivity index is 1.22. The minimum Gasteiger partial charge on any atom is -0.481 e. The molecule has 4 aromatic carbocycles. The molecule has 0 fully saturated rings. The molecule has 37 heteroatoms. The van der Waals surface area contributed by atoms with Gasteiger partial charge in [-0.1, -0.05) is 170 Å². The number of hydrogen-bond acceptors (Lipinski definition) is 19. The van der Waals surface area contributed by atoms with Gasteiger partial charge >= 0.3 is 35.8 Å². The summed E-state index contributed by atoms with van der Waals surface area (Å²) in [6, 6.07) is 18.1. The summed E-state index contributed by atoms with van der Waals surface area (Å²) in [7, 11) is 0. The van der Waals surface area contributed by atoms with Crippen LogP contribution < -0.4 is 69.5 Å². The molecule has 0 saturated heterocycles. The van der Waals surface area contributed by atoms with Crippen LogP contribution in [-0.4, -0.2) is 211 Å². The lowest BCUT2D eigenvalue weighted by Crippen LogP contribution is -2.60. The number of hydrogen-bond donors (Lipinski definition) is 19. The molecular weight excluding hydrogens is 1610 g/mol. The standard InChI is InChI=1S/C87H121N13O24/c1-53(2)75(85(121)94-63(41-46-73(109)110)82(118)100-76(54(3)4)86(122)95-64(87(123)124)42-47-74(111)112)99-69(102)33-23-15-25-48-89-77(113)58-34-36-59(37-35-58)91-68(101)32-22-10-8-6-5-7-9-11-24-49-90-79(115)65(50-55-26-16-12-17-27-55)96-83(119)67(52-57-30-20-14-21-31-57)98-84(120)66(51-56-28-18-13-19-29-56)97-81(117)62(40-45-72(107)108)93-80(116)61(39-44-71(105)106)92-78(114)60(88)38-43-70(103)104/h12-14,16-21,26-31,34-37,53-54,60-67,75-76H,5-11,15,22-25,32-33,38-52,88H2,1-4H3,(H,89,113)(H,90,115)(H,91,101)(H,92,114)(H,93,116)(H,94,121)(H,95,122)(H,96,119)(H,97,117)(H,98,120)(H,99,102)(H,100,118)(H,103,104)(H,105,106)(H,107,108)(H,109,110)(H,111,112)(H,123,124)/t60-,61-,62-,63-,64-,65-,66-,67-,75-,76-/m0/s1. The van der Waals surface area contributed by atoms with E-state index in [1.165, 1.54) is 0 Å². The molecule has 4 rings (SSSR count). The third-order valence-corrected chi connectivity index (χ3v) is 20.0. The number of benzene rings is 4. The number of carboxylic acids is 6. The Labute approximate surface area is 719 Å². The lowest BCUT2D eigenvalue weighted by Gasteiger charge is -2.28. The Kier molecular flexibility index (Phi) is 47.5. The molecule has 20 N–H and O–H groups in total. The fourth-order valence-electron chi connectivity index (χ4n) is 13.0. The van der Waals surface area contributed by atoms with Gasteiger partial charge in [-0.3, -0.25) is 81.5 Å². The second-order valence-corrected chi connectivity index (χ2v) is 31.0. The van der Waals surface area contributed by atoms with Gasteiger partial charge in [0.25, 0.3) is 5.91 Å². The zero-order valence-corrected chi connectivity index (χ0v) is 70.5. The summed E-state index contributed by atoms with van der Waals surface area (Å²) in [5, 5.41) is 87.5. The molecule has 37 nitrogen and oxygen atoms in total. The van der Waals surface area contributed by atoms with Gasteiger partial charge in [-0.2, -0.15) is 0 Å². The number of anilines is 1. The van der Waals surface area contributed by atoms with Gasteiger partial charge in [0.15, 0.2) is 0 Å². The van der Waals surface area contributed by atoms with E-state index in [9.17, 15) is 107 Å². The summed E-state index contributed by atoms with van der Waals surface area (Å²) in [6.45, 7) is 6.95. The maximum atomic E-state index is 14.7. The molecule has 0 unspecified atom stereocenters. The molecule has 10 atom stereocenters. The van der Waals surface area contributed by atoms with E-state index in [1.54, 1.807) is 143 Å². The first-order valence-corrected chi connectivity index (χ1v) is 41.9. The van der Waals surface area contributed by atoms with Crippen molar-refractivity contribution >= 4 is 112 Å². The topological polar surface area (TPSA) is 599 Å². The van der Waals surface area contributed by atoms with Gasteiger partial charge in [0, 0.05) is 88.5 Å². The normalized spacial score (nSPS) is 13.4. The number of carboxylic acid groups (broad SMARTS) is 6. The predicted molar refractivity (Wildman–Crippen MR) is 453 cm³/mol. The Bertz CT molecular complexity index is 4180. The maximum Gasteiger partial charge on any atom is 0.326 e. The molecule has 0 spiro atoms. The summed E-state index contributed by atoms with van der Waals surface area (Å²) in [5.74, 6) is -18.2. The lowest BCUT2D eigenvalue weighted by molar-refractivity contribution is -0.144. The van der Waals surface area contributed by atoms with Crippen LogP contribution in [0.1, 0.15) is 209 Å². The second-order valence-electron chi connectivity index (χ2n) is 31.0. The number of nitrogens with two attached hydrogens (primary N) is 1. The van der Waals surface area contributed by atoms with Gasteiger partial charge in [-0.25, -0.2) is 4.79 Å². The van der Waals surface area contributed by atoms with Crippen LogP contribution >= 0.6 is 0 Å². The largest absolute Gasteiger partial charge is 0.481 e. The van der Waals surface area contributed by atoms with Gasteiger partial charge in [0.1, 0.15) is 54.4 Å². The average molecular weight is 1730 g/mol. The van der Waals surface area contributed by atoms with Crippen molar-refractivity contribution in [2.45, 2.75) is 261 Å². The summed E-state index contributed by atoms with van der Waals surface area (Å²) in [5.41, 5.74) is 8.60. The summed E-state index contributed by atoms with van der Waals surface area (Å²) in [6.07, 6.45) is 3.84. The van der Waals surface area contributed by atoms with Crippen molar-refractivity contribution in [2.24, 2.45) is 17.6 Å². The van der Waals surface area contributed by atoms with Crippen LogP contribution in [0.2, 0.25) is 0 Å². The second kappa shape index (κ2) is 56.8. The number of carbonyl (C=O) groups is 18. The number of amides is 12. The first-order valence-electron chi connectivity index (χ1n) is 41.9. The van der Waals surface area contributed by atoms with E-state index in [1.807, 2.05) is 0 Å². The molecule has 0 bridgehead atoms. The van der Waals surface area contributed by atoms with Crippen molar-refractivity contribution in [1.29, 1.82) is 0 Å². The Morgan fingerprint density at radius 3 is 1.00 bits per heavy atom. The molecule has 0 aliphatic carbocycles. The van der Waals surface area contributed by atoms with Crippen molar-refractivity contribution in [3.8, 4) is 0 Å². The fraction of sp³-hybridized carbons (Fsp3) is 0.517. The zero-order chi connectivity index (χ0) is 91.6. The van der Waals surface area contributed by atoms with Crippen LogP contribution in [0.15, 0.2) is 115 Å². The number of rotatable bonds is 62. The van der Waals surface area contributed by atoms with E-state index in [2.05, 4.69) is 63.8 Å². The van der Waals surface area contributed by atoms with Crippen molar-refractivity contribution in [2.75, 3.05) is 18.4 Å². The molecule has 0 saturated carbocycles. The van der Waals surface area contributed by atoms with E-state index >= 15 is 0 Å².